The molecule has 0 aliphatic heterocycles. The third kappa shape index (κ3) is 3.36. The molecule has 84 valence electrons. The van der Waals surface area contributed by atoms with Crippen LogP contribution in [0.4, 0.5) is 0 Å². The number of hydrogen-bond acceptors (Lipinski definition) is 4. The molecule has 5 nitrogen and oxygen atoms in total. The molecule has 1 atom stereocenters. The van der Waals surface area contributed by atoms with Gasteiger partial charge in [0.2, 0.25) is 0 Å². The Hall–Kier alpha value is -1.36. The fraction of sp³-hybridized carbons (Fsp3) is 0.600. The van der Waals surface area contributed by atoms with Crippen molar-refractivity contribution in [3.63, 3.8) is 0 Å². The number of carbonyl (C=O) groups is 1. The van der Waals surface area contributed by atoms with Crippen LogP contribution >= 0.6 is 0 Å². The Balaban J connectivity index is 2.46. The standard InChI is InChI=1S/C10H17N3O2/c1-3-8-4-9(13-15-8)10(14)12-6-7(2)5-11/h4,7H,3,5-6,11H2,1-2H3,(H,12,14). The van der Waals surface area contributed by atoms with Crippen molar-refractivity contribution < 1.29 is 9.32 Å². The van der Waals surface area contributed by atoms with Crippen LogP contribution in [0.3, 0.4) is 0 Å². The summed E-state index contributed by atoms with van der Waals surface area (Å²) < 4.78 is 4.93. The van der Waals surface area contributed by atoms with E-state index < -0.39 is 0 Å². The first kappa shape index (κ1) is 11.7. The van der Waals surface area contributed by atoms with Crippen molar-refractivity contribution in [3.05, 3.63) is 17.5 Å². The fourth-order valence-electron chi connectivity index (χ4n) is 1.03. The highest BCUT2D eigenvalue weighted by atomic mass is 16.5. The smallest absolute Gasteiger partial charge is 0.273 e. The van der Waals surface area contributed by atoms with Gasteiger partial charge in [0.1, 0.15) is 5.76 Å². The maximum Gasteiger partial charge on any atom is 0.273 e. The Kier molecular flexibility index (Phi) is 4.30. The Bertz CT molecular complexity index is 322. The van der Waals surface area contributed by atoms with E-state index in [0.29, 0.717) is 24.5 Å². The minimum Gasteiger partial charge on any atom is -0.361 e. The molecule has 0 saturated heterocycles. The van der Waals surface area contributed by atoms with Gasteiger partial charge < -0.3 is 15.6 Å². The molecule has 0 aromatic carbocycles. The largest absolute Gasteiger partial charge is 0.361 e. The third-order valence-electron chi connectivity index (χ3n) is 2.15. The second-order valence-electron chi connectivity index (χ2n) is 3.58. The lowest BCUT2D eigenvalue weighted by atomic mass is 10.2. The lowest BCUT2D eigenvalue weighted by Crippen LogP contribution is -2.31. The van der Waals surface area contributed by atoms with E-state index in [4.69, 9.17) is 10.3 Å². The normalized spacial score (nSPS) is 12.5. The van der Waals surface area contributed by atoms with Gasteiger partial charge in [0.15, 0.2) is 5.69 Å². The van der Waals surface area contributed by atoms with E-state index in [9.17, 15) is 4.79 Å². The fourth-order valence-corrected chi connectivity index (χ4v) is 1.03. The quantitative estimate of drug-likeness (QED) is 0.745. The van der Waals surface area contributed by atoms with Crippen LogP contribution in [0.1, 0.15) is 30.1 Å². The summed E-state index contributed by atoms with van der Waals surface area (Å²) in [6, 6.07) is 1.66. The van der Waals surface area contributed by atoms with Crippen molar-refractivity contribution in [2.45, 2.75) is 20.3 Å². The highest BCUT2D eigenvalue weighted by molar-refractivity contribution is 5.92. The zero-order valence-electron chi connectivity index (χ0n) is 9.12. The summed E-state index contributed by atoms with van der Waals surface area (Å²) in [4.78, 5) is 11.5. The molecular weight excluding hydrogens is 194 g/mol. The lowest BCUT2D eigenvalue weighted by molar-refractivity contribution is 0.0939. The van der Waals surface area contributed by atoms with Crippen molar-refractivity contribution in [2.24, 2.45) is 11.7 Å². The minimum absolute atomic E-state index is 0.209. The average Bonchev–Trinajstić information content (AvgIpc) is 2.73. The highest BCUT2D eigenvalue weighted by Crippen LogP contribution is 2.03. The molecule has 1 aromatic rings. The minimum atomic E-state index is -0.209. The van der Waals surface area contributed by atoms with Gasteiger partial charge in [-0.15, -0.1) is 0 Å². The number of rotatable bonds is 5. The van der Waals surface area contributed by atoms with Crippen LogP contribution in [-0.4, -0.2) is 24.2 Å². The summed E-state index contributed by atoms with van der Waals surface area (Å²) >= 11 is 0. The van der Waals surface area contributed by atoms with E-state index in [-0.39, 0.29) is 11.8 Å². The van der Waals surface area contributed by atoms with E-state index in [2.05, 4.69) is 10.5 Å². The van der Waals surface area contributed by atoms with Gasteiger partial charge in [-0.1, -0.05) is 19.0 Å². The molecule has 0 radical (unpaired) electrons. The molecule has 5 heteroatoms. The van der Waals surface area contributed by atoms with E-state index in [1.54, 1.807) is 6.07 Å². The molecule has 0 saturated carbocycles. The molecule has 1 aromatic heterocycles. The van der Waals surface area contributed by atoms with Gasteiger partial charge in [-0.25, -0.2) is 0 Å². The first-order valence-corrected chi connectivity index (χ1v) is 5.11. The second kappa shape index (κ2) is 5.50. The summed E-state index contributed by atoms with van der Waals surface area (Å²) in [6.07, 6.45) is 0.736. The summed E-state index contributed by atoms with van der Waals surface area (Å²) in [6.45, 7) is 5.03. The molecule has 1 amide bonds. The molecule has 3 N–H and O–H groups in total. The Morgan fingerprint density at radius 2 is 2.47 bits per heavy atom. The molecule has 1 unspecified atom stereocenters. The Labute approximate surface area is 89.0 Å². The number of nitrogens with one attached hydrogen (secondary N) is 1. The van der Waals surface area contributed by atoms with Crippen molar-refractivity contribution in [2.75, 3.05) is 13.1 Å². The number of nitrogens with zero attached hydrogens (tertiary/aromatic N) is 1. The molecule has 1 heterocycles. The highest BCUT2D eigenvalue weighted by Gasteiger charge is 2.11. The zero-order valence-corrected chi connectivity index (χ0v) is 9.12. The predicted octanol–water partition coefficient (Wildman–Crippen LogP) is 0.562. The summed E-state index contributed by atoms with van der Waals surface area (Å²) in [5.74, 6) is 0.775. The second-order valence-corrected chi connectivity index (χ2v) is 3.58. The SMILES string of the molecule is CCc1cc(C(=O)NCC(C)CN)no1. The maximum atomic E-state index is 11.5. The molecular formula is C10H17N3O2. The van der Waals surface area contributed by atoms with Gasteiger partial charge in [0.25, 0.3) is 5.91 Å². The Morgan fingerprint density at radius 1 is 1.73 bits per heavy atom. The van der Waals surface area contributed by atoms with Crippen molar-refractivity contribution in [1.29, 1.82) is 0 Å². The molecule has 15 heavy (non-hydrogen) atoms. The molecule has 0 aliphatic carbocycles. The number of aromatic nitrogens is 1. The number of aryl methyl sites for hydroxylation is 1. The van der Waals surface area contributed by atoms with E-state index in [1.165, 1.54) is 0 Å². The average molecular weight is 211 g/mol. The van der Waals surface area contributed by atoms with Crippen LogP contribution in [0.25, 0.3) is 0 Å². The van der Waals surface area contributed by atoms with Gasteiger partial charge in [-0.2, -0.15) is 0 Å². The van der Waals surface area contributed by atoms with Crippen LogP contribution in [0.2, 0.25) is 0 Å². The lowest BCUT2D eigenvalue weighted by Gasteiger charge is -2.08. The van der Waals surface area contributed by atoms with E-state index in [0.717, 1.165) is 6.42 Å². The topological polar surface area (TPSA) is 81.2 Å². The van der Waals surface area contributed by atoms with Crippen molar-refractivity contribution in [3.8, 4) is 0 Å². The zero-order chi connectivity index (χ0) is 11.3. The molecule has 0 bridgehead atoms. The molecule has 1 rings (SSSR count). The number of carbonyl (C=O) groups excluding carboxylic acids is 1. The van der Waals surface area contributed by atoms with Crippen molar-refractivity contribution >= 4 is 5.91 Å². The molecule has 0 spiro atoms. The number of amides is 1. The molecule has 0 aliphatic rings. The first-order valence-electron chi connectivity index (χ1n) is 5.11. The monoisotopic (exact) mass is 211 g/mol. The van der Waals surface area contributed by atoms with E-state index in [1.807, 2.05) is 13.8 Å². The summed E-state index contributed by atoms with van der Waals surface area (Å²) in [5, 5.41) is 6.42. The van der Waals surface area contributed by atoms with Crippen LogP contribution in [0.15, 0.2) is 10.6 Å². The third-order valence-corrected chi connectivity index (χ3v) is 2.15. The number of hydrogen-bond donors (Lipinski definition) is 2. The van der Waals surface area contributed by atoms with Gasteiger partial charge in [-0.05, 0) is 12.5 Å². The maximum absolute atomic E-state index is 11.5. The Morgan fingerprint density at radius 3 is 3.00 bits per heavy atom. The van der Waals surface area contributed by atoms with E-state index >= 15 is 0 Å². The van der Waals surface area contributed by atoms with Gasteiger partial charge in [0.05, 0.1) is 0 Å². The van der Waals surface area contributed by atoms with Crippen LogP contribution in [-0.2, 0) is 6.42 Å². The van der Waals surface area contributed by atoms with Gasteiger partial charge >= 0.3 is 0 Å². The first-order chi connectivity index (χ1) is 7.17. The molecule has 0 fully saturated rings. The van der Waals surface area contributed by atoms with Crippen LogP contribution < -0.4 is 11.1 Å². The van der Waals surface area contributed by atoms with Crippen LogP contribution in [0, 0.1) is 5.92 Å². The van der Waals surface area contributed by atoms with Gasteiger partial charge in [0, 0.05) is 19.0 Å². The predicted molar refractivity (Wildman–Crippen MR) is 56.4 cm³/mol. The number of nitrogens with two attached hydrogens (primary N) is 1. The summed E-state index contributed by atoms with van der Waals surface area (Å²) in [5.41, 5.74) is 5.77. The van der Waals surface area contributed by atoms with Crippen molar-refractivity contribution in [1.82, 2.24) is 10.5 Å². The van der Waals surface area contributed by atoms with Gasteiger partial charge in [-0.3, -0.25) is 4.79 Å². The van der Waals surface area contributed by atoms with Crippen LogP contribution in [0.5, 0.6) is 0 Å². The summed E-state index contributed by atoms with van der Waals surface area (Å²) in [7, 11) is 0.